The number of nitrogens with two attached hydrogens (primary N) is 1. The second-order valence-electron chi connectivity index (χ2n) is 8.84. The van der Waals surface area contributed by atoms with Crippen LogP contribution in [0.2, 0.25) is 0 Å². The minimum absolute atomic E-state index is 0.0129. The number of ether oxygens (including phenoxy) is 1. The lowest BCUT2D eigenvalue weighted by atomic mass is 10.1. The summed E-state index contributed by atoms with van der Waals surface area (Å²) >= 11 is 0. The molecular weight excluding hydrogens is 428 g/mol. The molecule has 8 nitrogen and oxygen atoms in total. The van der Waals surface area contributed by atoms with Crippen LogP contribution in [-0.4, -0.2) is 43.1 Å². The fraction of sp³-hybridized carbons (Fsp3) is 0.231. The molecule has 3 unspecified atom stereocenters. The van der Waals surface area contributed by atoms with Gasteiger partial charge in [0.2, 0.25) is 5.91 Å². The summed E-state index contributed by atoms with van der Waals surface area (Å²) in [4.78, 5) is 23.1. The SMILES string of the molecule is C=CC(=O)N1CC(n2nc(-c3ccc(Oc4ccccc4)cc3)c3c(N)ncnc32)CC2CC21. The lowest BCUT2D eigenvalue weighted by molar-refractivity contribution is -0.128. The Hall–Kier alpha value is -4.20. The first-order valence-electron chi connectivity index (χ1n) is 11.4. The maximum atomic E-state index is 12.4. The van der Waals surface area contributed by atoms with Gasteiger partial charge in [0, 0.05) is 18.2 Å². The standard InChI is InChI=1S/C26H24N6O2/c1-2-22(33)31-14-18(12-17-13-21(17)31)32-26-23(25(27)28-15-29-26)24(30-32)16-8-10-20(11-9-16)34-19-6-4-3-5-7-19/h2-11,15,17-18,21H,1,12-14H2,(H2,27,28,29). The van der Waals surface area contributed by atoms with Crippen LogP contribution in [0, 0.1) is 5.92 Å². The molecule has 2 aliphatic rings. The monoisotopic (exact) mass is 452 g/mol. The molecule has 0 spiro atoms. The van der Waals surface area contributed by atoms with Crippen molar-refractivity contribution < 1.29 is 9.53 Å². The topological polar surface area (TPSA) is 99.2 Å². The molecule has 1 aliphatic carbocycles. The van der Waals surface area contributed by atoms with E-state index in [0.29, 0.717) is 30.0 Å². The Labute approximate surface area is 196 Å². The van der Waals surface area contributed by atoms with Gasteiger partial charge in [-0.2, -0.15) is 5.10 Å². The van der Waals surface area contributed by atoms with Gasteiger partial charge in [-0.1, -0.05) is 24.8 Å². The zero-order chi connectivity index (χ0) is 23.2. The van der Waals surface area contributed by atoms with E-state index in [0.717, 1.165) is 41.0 Å². The number of anilines is 1. The number of fused-ring (bicyclic) bond motifs is 2. The first kappa shape index (κ1) is 20.4. The minimum atomic E-state index is -0.0305. The van der Waals surface area contributed by atoms with Crippen LogP contribution in [0.25, 0.3) is 22.3 Å². The van der Waals surface area contributed by atoms with Crippen molar-refractivity contribution in [2.75, 3.05) is 12.3 Å². The third-order valence-electron chi connectivity index (χ3n) is 6.70. The van der Waals surface area contributed by atoms with E-state index in [1.54, 1.807) is 0 Å². The van der Waals surface area contributed by atoms with E-state index in [1.807, 2.05) is 64.2 Å². The highest BCUT2D eigenvalue weighted by atomic mass is 16.5. The van der Waals surface area contributed by atoms with Crippen molar-refractivity contribution in [2.45, 2.75) is 24.9 Å². The maximum absolute atomic E-state index is 12.4. The molecule has 1 amide bonds. The average molecular weight is 453 g/mol. The summed E-state index contributed by atoms with van der Waals surface area (Å²) in [6, 6.07) is 17.7. The number of carbonyl (C=O) groups is 1. The Morgan fingerprint density at radius 3 is 2.59 bits per heavy atom. The zero-order valence-electron chi connectivity index (χ0n) is 18.5. The minimum Gasteiger partial charge on any atom is -0.457 e. The van der Waals surface area contributed by atoms with Gasteiger partial charge in [0.15, 0.2) is 5.65 Å². The first-order valence-corrected chi connectivity index (χ1v) is 11.4. The van der Waals surface area contributed by atoms with E-state index >= 15 is 0 Å². The molecule has 6 rings (SSSR count). The molecule has 1 aliphatic heterocycles. The van der Waals surface area contributed by atoms with Crippen LogP contribution in [-0.2, 0) is 4.79 Å². The number of rotatable bonds is 5. The number of piperidine rings is 1. The number of benzene rings is 2. The van der Waals surface area contributed by atoms with Crippen molar-refractivity contribution >= 4 is 22.8 Å². The van der Waals surface area contributed by atoms with Crippen LogP contribution < -0.4 is 10.5 Å². The molecule has 0 bridgehead atoms. The number of amides is 1. The number of para-hydroxylation sites is 1. The number of hydrogen-bond acceptors (Lipinski definition) is 6. The molecule has 8 heteroatoms. The quantitative estimate of drug-likeness (QED) is 0.455. The van der Waals surface area contributed by atoms with Gasteiger partial charge < -0.3 is 15.4 Å². The van der Waals surface area contributed by atoms with Crippen molar-refractivity contribution in [3.05, 3.63) is 73.6 Å². The summed E-state index contributed by atoms with van der Waals surface area (Å²) in [5, 5.41) is 5.68. The van der Waals surface area contributed by atoms with E-state index in [1.165, 1.54) is 12.4 Å². The first-order chi connectivity index (χ1) is 16.6. The largest absolute Gasteiger partial charge is 0.457 e. The molecule has 2 N–H and O–H groups in total. The Balaban J connectivity index is 1.36. The Morgan fingerprint density at radius 1 is 1.06 bits per heavy atom. The van der Waals surface area contributed by atoms with Crippen LogP contribution in [0.3, 0.4) is 0 Å². The second-order valence-corrected chi connectivity index (χ2v) is 8.84. The fourth-order valence-electron chi connectivity index (χ4n) is 4.96. The highest BCUT2D eigenvalue weighted by molar-refractivity contribution is 5.98. The van der Waals surface area contributed by atoms with Crippen LogP contribution in [0.1, 0.15) is 18.9 Å². The van der Waals surface area contributed by atoms with Gasteiger partial charge in [0.05, 0.1) is 11.4 Å². The molecule has 3 heterocycles. The molecule has 3 atom stereocenters. The molecule has 170 valence electrons. The van der Waals surface area contributed by atoms with Crippen LogP contribution in [0.5, 0.6) is 11.5 Å². The Bertz CT molecular complexity index is 1380. The zero-order valence-corrected chi connectivity index (χ0v) is 18.5. The van der Waals surface area contributed by atoms with Crippen molar-refractivity contribution in [1.29, 1.82) is 0 Å². The molecule has 2 aromatic heterocycles. The number of likely N-dealkylation sites (tertiary alicyclic amines) is 1. The van der Waals surface area contributed by atoms with Gasteiger partial charge in [-0.15, -0.1) is 0 Å². The van der Waals surface area contributed by atoms with E-state index in [-0.39, 0.29) is 11.9 Å². The molecule has 1 saturated carbocycles. The van der Waals surface area contributed by atoms with Crippen LogP contribution in [0.15, 0.2) is 73.6 Å². The van der Waals surface area contributed by atoms with Crippen LogP contribution in [0.4, 0.5) is 5.82 Å². The number of aromatic nitrogens is 4. The smallest absolute Gasteiger partial charge is 0.246 e. The number of nitrogen functional groups attached to an aromatic ring is 1. The third kappa shape index (κ3) is 3.48. The maximum Gasteiger partial charge on any atom is 0.246 e. The number of nitrogens with zero attached hydrogens (tertiary/aromatic N) is 5. The highest BCUT2D eigenvalue weighted by Gasteiger charge is 2.49. The predicted molar refractivity (Wildman–Crippen MR) is 129 cm³/mol. The van der Waals surface area contributed by atoms with Crippen molar-refractivity contribution in [1.82, 2.24) is 24.6 Å². The highest BCUT2D eigenvalue weighted by Crippen LogP contribution is 2.47. The van der Waals surface area contributed by atoms with E-state index in [4.69, 9.17) is 15.6 Å². The Kier molecular flexibility index (Phi) is 4.79. The summed E-state index contributed by atoms with van der Waals surface area (Å²) in [6.45, 7) is 4.24. The molecule has 0 radical (unpaired) electrons. The van der Waals surface area contributed by atoms with Crippen LogP contribution >= 0.6 is 0 Å². The fourth-order valence-corrected chi connectivity index (χ4v) is 4.96. The van der Waals surface area contributed by atoms with E-state index < -0.39 is 0 Å². The van der Waals surface area contributed by atoms with E-state index in [2.05, 4.69) is 16.5 Å². The van der Waals surface area contributed by atoms with Crippen molar-refractivity contribution in [2.24, 2.45) is 5.92 Å². The van der Waals surface area contributed by atoms with Gasteiger partial charge in [0.25, 0.3) is 0 Å². The Morgan fingerprint density at radius 2 is 1.82 bits per heavy atom. The van der Waals surface area contributed by atoms with Gasteiger partial charge in [0.1, 0.15) is 29.3 Å². The molecule has 4 aromatic rings. The van der Waals surface area contributed by atoms with Crippen molar-refractivity contribution in [3.8, 4) is 22.8 Å². The number of carbonyl (C=O) groups excluding carboxylic acids is 1. The summed E-state index contributed by atoms with van der Waals surface area (Å²) in [7, 11) is 0. The summed E-state index contributed by atoms with van der Waals surface area (Å²) in [5.74, 6) is 2.34. The van der Waals surface area contributed by atoms with Gasteiger partial charge >= 0.3 is 0 Å². The molecule has 2 aromatic carbocycles. The molecular formula is C26H24N6O2. The lowest BCUT2D eigenvalue weighted by Gasteiger charge is -2.32. The molecule has 2 fully saturated rings. The second kappa shape index (κ2) is 7.98. The number of hydrogen-bond donors (Lipinski definition) is 1. The average Bonchev–Trinajstić information content (AvgIpc) is 3.55. The van der Waals surface area contributed by atoms with E-state index in [9.17, 15) is 4.79 Å². The van der Waals surface area contributed by atoms with Gasteiger partial charge in [-0.05, 0) is 61.2 Å². The molecule has 1 saturated heterocycles. The van der Waals surface area contributed by atoms with Gasteiger partial charge in [-0.3, -0.25) is 4.79 Å². The van der Waals surface area contributed by atoms with Gasteiger partial charge in [-0.25, -0.2) is 14.6 Å². The summed E-state index contributed by atoms with van der Waals surface area (Å²) in [5.41, 5.74) is 8.59. The summed E-state index contributed by atoms with van der Waals surface area (Å²) < 4.78 is 7.85. The predicted octanol–water partition coefficient (Wildman–Crippen LogP) is 4.22. The normalized spacial score (nSPS) is 21.2. The van der Waals surface area contributed by atoms with Crippen molar-refractivity contribution in [3.63, 3.8) is 0 Å². The third-order valence-corrected chi connectivity index (χ3v) is 6.70. The lowest BCUT2D eigenvalue weighted by Crippen LogP contribution is -2.41. The molecule has 34 heavy (non-hydrogen) atoms. The summed E-state index contributed by atoms with van der Waals surface area (Å²) in [6.07, 6.45) is 4.84.